The molecule has 0 atom stereocenters. The van der Waals surface area contributed by atoms with Crippen LogP contribution in [0, 0.1) is 0 Å². The standard InChI is InChI=1S/C20H27N3O3/c1-13(2)16-7-5-15(6-8-16)11-21(17-9-10-17)12-22-18(24)19(25)23(14(3)4)20(22)26/h5-8,13-14,17H,9-12H2,1-4H3. The fourth-order valence-corrected chi connectivity index (χ4v) is 3.26. The van der Waals surface area contributed by atoms with Crippen molar-refractivity contribution in [2.45, 2.75) is 65.1 Å². The Morgan fingerprint density at radius 1 is 1.00 bits per heavy atom. The van der Waals surface area contributed by atoms with Gasteiger partial charge in [-0.3, -0.25) is 19.4 Å². The smallest absolute Gasteiger partial charge is 0.278 e. The van der Waals surface area contributed by atoms with E-state index in [1.54, 1.807) is 13.8 Å². The van der Waals surface area contributed by atoms with Crippen molar-refractivity contribution in [2.75, 3.05) is 6.67 Å². The molecule has 1 saturated heterocycles. The van der Waals surface area contributed by atoms with Gasteiger partial charge in [-0.15, -0.1) is 0 Å². The number of benzene rings is 1. The quantitative estimate of drug-likeness (QED) is 0.556. The minimum atomic E-state index is -0.720. The molecule has 1 saturated carbocycles. The molecule has 0 spiro atoms. The third kappa shape index (κ3) is 3.65. The second-order valence-electron chi connectivity index (χ2n) is 7.80. The first-order valence-electron chi connectivity index (χ1n) is 9.31. The summed E-state index contributed by atoms with van der Waals surface area (Å²) in [7, 11) is 0. The molecule has 4 amide bonds. The van der Waals surface area contributed by atoms with Crippen LogP contribution in [0.15, 0.2) is 24.3 Å². The molecule has 2 fully saturated rings. The van der Waals surface area contributed by atoms with Gasteiger partial charge in [0.05, 0.1) is 6.67 Å². The molecule has 0 bridgehead atoms. The molecule has 140 valence electrons. The number of hydrogen-bond donors (Lipinski definition) is 0. The molecule has 6 nitrogen and oxygen atoms in total. The molecule has 6 heteroatoms. The van der Waals surface area contributed by atoms with E-state index in [4.69, 9.17) is 0 Å². The van der Waals surface area contributed by atoms with Gasteiger partial charge in [-0.05, 0) is 43.7 Å². The second-order valence-corrected chi connectivity index (χ2v) is 7.80. The fourth-order valence-electron chi connectivity index (χ4n) is 3.26. The summed E-state index contributed by atoms with van der Waals surface area (Å²) in [6, 6.07) is 8.00. The lowest BCUT2D eigenvalue weighted by molar-refractivity contribution is -0.144. The Morgan fingerprint density at radius 2 is 1.62 bits per heavy atom. The highest BCUT2D eigenvalue weighted by Gasteiger charge is 2.47. The molecule has 0 radical (unpaired) electrons. The van der Waals surface area contributed by atoms with Crippen molar-refractivity contribution in [1.29, 1.82) is 0 Å². The van der Waals surface area contributed by atoms with Crippen LogP contribution < -0.4 is 0 Å². The lowest BCUT2D eigenvalue weighted by atomic mass is 10.0. The number of carbonyl (C=O) groups is 3. The molecule has 1 heterocycles. The number of imide groups is 2. The Balaban J connectivity index is 1.72. The van der Waals surface area contributed by atoms with Gasteiger partial charge in [-0.1, -0.05) is 38.1 Å². The first-order chi connectivity index (χ1) is 12.3. The number of hydrogen-bond acceptors (Lipinski definition) is 4. The van der Waals surface area contributed by atoms with E-state index < -0.39 is 17.8 Å². The monoisotopic (exact) mass is 357 g/mol. The minimum absolute atomic E-state index is 0.170. The largest absolute Gasteiger partial charge is 0.335 e. The molecule has 1 aliphatic carbocycles. The first-order valence-corrected chi connectivity index (χ1v) is 9.31. The van der Waals surface area contributed by atoms with Crippen molar-refractivity contribution < 1.29 is 14.4 Å². The predicted molar refractivity (Wildman–Crippen MR) is 98.2 cm³/mol. The SMILES string of the molecule is CC(C)c1ccc(CN(CN2C(=O)C(=O)N(C(C)C)C2=O)C2CC2)cc1. The van der Waals surface area contributed by atoms with Gasteiger partial charge in [0, 0.05) is 18.6 Å². The van der Waals surface area contributed by atoms with Crippen molar-refractivity contribution in [3.63, 3.8) is 0 Å². The summed E-state index contributed by atoms with van der Waals surface area (Å²) in [5.41, 5.74) is 2.43. The van der Waals surface area contributed by atoms with Gasteiger partial charge in [-0.2, -0.15) is 0 Å². The van der Waals surface area contributed by atoms with Gasteiger partial charge < -0.3 is 0 Å². The minimum Gasteiger partial charge on any atom is -0.278 e. The highest BCUT2D eigenvalue weighted by atomic mass is 16.2. The Labute approximate surface area is 154 Å². The molecular formula is C20H27N3O3. The van der Waals surface area contributed by atoms with Crippen LogP contribution in [-0.4, -0.2) is 51.3 Å². The van der Waals surface area contributed by atoms with Crippen molar-refractivity contribution in [1.82, 2.24) is 14.7 Å². The second kappa shape index (κ2) is 7.19. The van der Waals surface area contributed by atoms with Gasteiger partial charge in [-0.25, -0.2) is 9.69 Å². The molecule has 0 aromatic heterocycles. The van der Waals surface area contributed by atoms with Crippen molar-refractivity contribution in [3.05, 3.63) is 35.4 Å². The van der Waals surface area contributed by atoms with E-state index in [1.165, 1.54) is 5.56 Å². The highest BCUT2D eigenvalue weighted by Crippen LogP contribution is 2.30. The highest BCUT2D eigenvalue weighted by molar-refractivity contribution is 6.44. The maximum Gasteiger partial charge on any atom is 0.335 e. The Morgan fingerprint density at radius 3 is 2.08 bits per heavy atom. The van der Waals surface area contributed by atoms with Crippen LogP contribution in [0.4, 0.5) is 4.79 Å². The topological polar surface area (TPSA) is 60.9 Å². The first kappa shape index (κ1) is 18.6. The Kier molecular flexibility index (Phi) is 5.14. The van der Waals surface area contributed by atoms with Crippen molar-refractivity contribution in [3.8, 4) is 0 Å². The molecule has 26 heavy (non-hydrogen) atoms. The predicted octanol–water partition coefficient (Wildman–Crippen LogP) is 2.93. The van der Waals surface area contributed by atoms with Gasteiger partial charge in [0.2, 0.25) is 0 Å². The summed E-state index contributed by atoms with van der Waals surface area (Å²) in [5, 5.41) is 0. The summed E-state index contributed by atoms with van der Waals surface area (Å²) in [6.45, 7) is 8.63. The van der Waals surface area contributed by atoms with Gasteiger partial charge in [0.15, 0.2) is 0 Å². The van der Waals surface area contributed by atoms with Gasteiger partial charge in [0.1, 0.15) is 0 Å². The van der Waals surface area contributed by atoms with Crippen LogP contribution in [0.5, 0.6) is 0 Å². The summed E-state index contributed by atoms with van der Waals surface area (Å²) < 4.78 is 0. The van der Waals surface area contributed by atoms with E-state index in [1.807, 2.05) is 0 Å². The summed E-state index contributed by atoms with van der Waals surface area (Å²) in [5.74, 6) is -0.956. The maximum atomic E-state index is 12.5. The fraction of sp³-hybridized carbons (Fsp3) is 0.550. The van der Waals surface area contributed by atoms with Crippen LogP contribution in [0.25, 0.3) is 0 Å². The molecule has 0 N–H and O–H groups in total. The number of nitrogens with zero attached hydrogens (tertiary/aromatic N) is 3. The molecule has 1 aromatic carbocycles. The van der Waals surface area contributed by atoms with Crippen LogP contribution in [-0.2, 0) is 16.1 Å². The molecule has 2 aliphatic rings. The van der Waals surface area contributed by atoms with Crippen LogP contribution >= 0.6 is 0 Å². The van der Waals surface area contributed by atoms with Crippen LogP contribution in [0.2, 0.25) is 0 Å². The third-order valence-electron chi connectivity index (χ3n) is 5.02. The third-order valence-corrected chi connectivity index (χ3v) is 5.02. The maximum absolute atomic E-state index is 12.5. The normalized spacial score (nSPS) is 18.2. The zero-order valence-electron chi connectivity index (χ0n) is 15.9. The molecular weight excluding hydrogens is 330 g/mol. The molecule has 1 aliphatic heterocycles. The lowest BCUT2D eigenvalue weighted by Crippen LogP contribution is -2.43. The summed E-state index contributed by atoms with van der Waals surface area (Å²) in [6.07, 6.45) is 2.12. The van der Waals surface area contributed by atoms with E-state index in [0.717, 1.165) is 28.2 Å². The zero-order chi connectivity index (χ0) is 19.0. The molecule has 3 rings (SSSR count). The van der Waals surface area contributed by atoms with Crippen molar-refractivity contribution in [2.24, 2.45) is 0 Å². The van der Waals surface area contributed by atoms with E-state index in [-0.39, 0.29) is 12.7 Å². The van der Waals surface area contributed by atoms with Crippen molar-refractivity contribution >= 4 is 17.8 Å². The lowest BCUT2D eigenvalue weighted by Gasteiger charge is -2.27. The van der Waals surface area contributed by atoms with E-state index in [0.29, 0.717) is 18.5 Å². The van der Waals surface area contributed by atoms with E-state index in [2.05, 4.69) is 43.0 Å². The average molecular weight is 357 g/mol. The molecule has 1 aromatic rings. The summed E-state index contributed by atoms with van der Waals surface area (Å²) in [4.78, 5) is 41.1. The number of urea groups is 1. The summed E-state index contributed by atoms with van der Waals surface area (Å²) >= 11 is 0. The molecule has 0 unspecified atom stereocenters. The number of rotatable bonds is 7. The number of amides is 4. The van der Waals surface area contributed by atoms with Crippen LogP contribution in [0.3, 0.4) is 0 Å². The van der Waals surface area contributed by atoms with E-state index >= 15 is 0 Å². The van der Waals surface area contributed by atoms with E-state index in [9.17, 15) is 14.4 Å². The van der Waals surface area contributed by atoms with Gasteiger partial charge in [0.25, 0.3) is 0 Å². The van der Waals surface area contributed by atoms with Gasteiger partial charge >= 0.3 is 17.8 Å². The Hall–Kier alpha value is -2.21. The number of carbonyl (C=O) groups excluding carboxylic acids is 3. The zero-order valence-corrected chi connectivity index (χ0v) is 15.9. The van der Waals surface area contributed by atoms with Crippen LogP contribution in [0.1, 0.15) is 57.6 Å². The average Bonchev–Trinajstić information content (AvgIpc) is 3.39. The Bertz CT molecular complexity index is 708.